The van der Waals surface area contributed by atoms with E-state index in [-0.39, 0.29) is 23.9 Å². The molecule has 0 aromatic heterocycles. The van der Waals surface area contributed by atoms with Crippen LogP contribution >= 0.6 is 0 Å². The molecule has 30 heavy (non-hydrogen) atoms. The Bertz CT molecular complexity index is 856. The Morgan fingerprint density at radius 2 is 1.83 bits per heavy atom. The number of carbonyl (C=O) groups is 1. The van der Waals surface area contributed by atoms with Gasteiger partial charge in [-0.3, -0.25) is 4.79 Å². The number of para-hydroxylation sites is 1. The fourth-order valence-electron chi connectivity index (χ4n) is 3.89. The molecule has 1 amide bonds. The van der Waals surface area contributed by atoms with Crippen LogP contribution in [0.1, 0.15) is 23.2 Å². The van der Waals surface area contributed by atoms with E-state index in [1.165, 1.54) is 12.1 Å². The normalized spacial score (nSPS) is 19.8. The Balaban J connectivity index is 1.46. The van der Waals surface area contributed by atoms with Crippen molar-refractivity contribution in [2.75, 3.05) is 31.6 Å². The van der Waals surface area contributed by atoms with Gasteiger partial charge in [0.05, 0.1) is 24.5 Å². The highest BCUT2D eigenvalue weighted by Crippen LogP contribution is 2.28. The predicted molar refractivity (Wildman–Crippen MR) is 107 cm³/mol. The highest BCUT2D eigenvalue weighted by molar-refractivity contribution is 6.00. The molecule has 2 heterocycles. The molecule has 1 N–H and O–H groups in total. The number of anilines is 2. The monoisotopic (exact) mass is 418 g/mol. The van der Waals surface area contributed by atoms with Gasteiger partial charge in [0.15, 0.2) is 6.29 Å². The van der Waals surface area contributed by atoms with Crippen molar-refractivity contribution in [2.45, 2.75) is 25.7 Å². The SMILES string of the molecule is O=C(c1ccccc1Nc1ccc(OC(F)F)cc1)N1CCCC(C2OCCO2)C1. The Kier molecular flexibility index (Phi) is 6.44. The summed E-state index contributed by atoms with van der Waals surface area (Å²) >= 11 is 0. The first-order valence-corrected chi connectivity index (χ1v) is 10.0. The number of alkyl halides is 2. The highest BCUT2D eigenvalue weighted by Gasteiger charge is 2.33. The average molecular weight is 418 g/mol. The Morgan fingerprint density at radius 3 is 2.57 bits per heavy atom. The molecular weight excluding hydrogens is 394 g/mol. The topological polar surface area (TPSA) is 60.0 Å². The van der Waals surface area contributed by atoms with Crippen molar-refractivity contribution in [1.29, 1.82) is 0 Å². The fraction of sp³-hybridized carbons (Fsp3) is 0.409. The van der Waals surface area contributed by atoms with Gasteiger partial charge in [0.2, 0.25) is 0 Å². The number of carbonyl (C=O) groups excluding carboxylic acids is 1. The summed E-state index contributed by atoms with van der Waals surface area (Å²) in [5.74, 6) is 0.196. The molecule has 0 spiro atoms. The summed E-state index contributed by atoms with van der Waals surface area (Å²) < 4.78 is 40.3. The third kappa shape index (κ3) is 4.88. The molecule has 1 atom stereocenters. The lowest BCUT2D eigenvalue weighted by atomic mass is 9.96. The van der Waals surface area contributed by atoms with Gasteiger partial charge >= 0.3 is 6.61 Å². The molecule has 1 unspecified atom stereocenters. The van der Waals surface area contributed by atoms with E-state index in [1.807, 2.05) is 23.1 Å². The number of ether oxygens (including phenoxy) is 3. The number of amides is 1. The van der Waals surface area contributed by atoms with Crippen LogP contribution < -0.4 is 10.1 Å². The van der Waals surface area contributed by atoms with Gasteiger partial charge in [-0.2, -0.15) is 8.78 Å². The number of hydrogen-bond donors (Lipinski definition) is 1. The molecule has 0 radical (unpaired) electrons. The van der Waals surface area contributed by atoms with E-state index in [4.69, 9.17) is 9.47 Å². The maximum atomic E-state index is 13.2. The maximum Gasteiger partial charge on any atom is 0.387 e. The molecule has 2 aromatic rings. The zero-order chi connectivity index (χ0) is 20.9. The number of rotatable bonds is 6. The van der Waals surface area contributed by atoms with Crippen LogP contribution in [0, 0.1) is 5.92 Å². The third-order valence-corrected chi connectivity index (χ3v) is 5.29. The van der Waals surface area contributed by atoms with Gasteiger partial charge in [-0.25, -0.2) is 0 Å². The number of piperidine rings is 1. The number of nitrogens with one attached hydrogen (secondary N) is 1. The molecule has 2 aliphatic heterocycles. The van der Waals surface area contributed by atoms with E-state index < -0.39 is 6.61 Å². The second kappa shape index (κ2) is 9.40. The lowest BCUT2D eigenvalue weighted by Gasteiger charge is -2.35. The van der Waals surface area contributed by atoms with Crippen molar-refractivity contribution in [3.63, 3.8) is 0 Å². The van der Waals surface area contributed by atoms with Crippen molar-refractivity contribution >= 4 is 17.3 Å². The first-order chi connectivity index (χ1) is 14.6. The molecule has 0 aliphatic carbocycles. The minimum absolute atomic E-state index is 0.0570. The minimum atomic E-state index is -2.87. The van der Waals surface area contributed by atoms with E-state index in [9.17, 15) is 13.6 Å². The van der Waals surface area contributed by atoms with Gasteiger partial charge < -0.3 is 24.4 Å². The summed E-state index contributed by atoms with van der Waals surface area (Å²) in [5.41, 5.74) is 1.88. The molecule has 2 fully saturated rings. The van der Waals surface area contributed by atoms with E-state index >= 15 is 0 Å². The molecular formula is C22H24F2N2O4. The van der Waals surface area contributed by atoms with Gasteiger partial charge in [-0.05, 0) is 49.2 Å². The second-order valence-electron chi connectivity index (χ2n) is 7.34. The first-order valence-electron chi connectivity index (χ1n) is 10.0. The van der Waals surface area contributed by atoms with Gasteiger partial charge in [0.25, 0.3) is 5.91 Å². The number of likely N-dealkylation sites (tertiary alicyclic amines) is 1. The van der Waals surface area contributed by atoms with Crippen LogP contribution in [0.5, 0.6) is 5.75 Å². The van der Waals surface area contributed by atoms with E-state index in [0.717, 1.165) is 12.8 Å². The standard InChI is InChI=1S/C22H24F2N2O4/c23-22(24)30-17-9-7-16(8-10-17)25-19-6-2-1-5-18(19)20(27)26-11-3-4-15(14-26)21-28-12-13-29-21/h1-2,5-10,15,21-22,25H,3-4,11-14H2. The summed E-state index contributed by atoms with van der Waals surface area (Å²) in [6, 6.07) is 13.4. The Labute approximate surface area is 173 Å². The number of benzene rings is 2. The van der Waals surface area contributed by atoms with E-state index in [0.29, 0.717) is 43.2 Å². The highest BCUT2D eigenvalue weighted by atomic mass is 19.3. The van der Waals surface area contributed by atoms with Gasteiger partial charge in [0, 0.05) is 24.7 Å². The number of hydrogen-bond acceptors (Lipinski definition) is 5. The Hall–Kier alpha value is -2.71. The van der Waals surface area contributed by atoms with Crippen LogP contribution in [-0.2, 0) is 9.47 Å². The van der Waals surface area contributed by atoms with Crippen LogP contribution in [0.4, 0.5) is 20.2 Å². The van der Waals surface area contributed by atoms with E-state index in [1.54, 1.807) is 18.2 Å². The molecule has 2 saturated heterocycles. The van der Waals surface area contributed by atoms with Crippen molar-refractivity contribution in [2.24, 2.45) is 5.92 Å². The second-order valence-corrected chi connectivity index (χ2v) is 7.34. The molecule has 160 valence electrons. The largest absolute Gasteiger partial charge is 0.435 e. The minimum Gasteiger partial charge on any atom is -0.435 e. The molecule has 0 bridgehead atoms. The van der Waals surface area contributed by atoms with Crippen molar-refractivity contribution < 1.29 is 27.8 Å². The Morgan fingerprint density at radius 1 is 1.10 bits per heavy atom. The molecule has 4 rings (SSSR count). The zero-order valence-electron chi connectivity index (χ0n) is 16.4. The van der Waals surface area contributed by atoms with Crippen molar-refractivity contribution in [3.8, 4) is 5.75 Å². The molecule has 6 nitrogen and oxygen atoms in total. The van der Waals surface area contributed by atoms with Gasteiger partial charge in [-0.1, -0.05) is 12.1 Å². The van der Waals surface area contributed by atoms with Crippen molar-refractivity contribution in [3.05, 3.63) is 54.1 Å². The zero-order valence-corrected chi connectivity index (χ0v) is 16.4. The summed E-state index contributed by atoms with van der Waals surface area (Å²) in [6.07, 6.45) is 1.64. The van der Waals surface area contributed by atoms with Crippen LogP contribution in [0.25, 0.3) is 0 Å². The smallest absolute Gasteiger partial charge is 0.387 e. The van der Waals surface area contributed by atoms with Crippen LogP contribution in [-0.4, -0.2) is 50.0 Å². The summed E-state index contributed by atoms with van der Waals surface area (Å²) in [5, 5.41) is 3.20. The van der Waals surface area contributed by atoms with Crippen LogP contribution in [0.15, 0.2) is 48.5 Å². The summed E-state index contributed by atoms with van der Waals surface area (Å²) in [4.78, 5) is 15.1. The van der Waals surface area contributed by atoms with Gasteiger partial charge in [-0.15, -0.1) is 0 Å². The molecule has 2 aromatic carbocycles. The number of halogens is 2. The number of nitrogens with zero attached hydrogens (tertiary/aromatic N) is 1. The summed E-state index contributed by atoms with van der Waals surface area (Å²) in [6.45, 7) is -0.380. The van der Waals surface area contributed by atoms with Crippen molar-refractivity contribution in [1.82, 2.24) is 4.90 Å². The molecule has 2 aliphatic rings. The first kappa shape index (κ1) is 20.6. The fourth-order valence-corrected chi connectivity index (χ4v) is 3.89. The average Bonchev–Trinajstić information content (AvgIpc) is 3.30. The summed E-state index contributed by atoms with van der Waals surface area (Å²) in [7, 11) is 0. The molecule has 8 heteroatoms. The lowest BCUT2D eigenvalue weighted by Crippen LogP contribution is -2.44. The quantitative estimate of drug-likeness (QED) is 0.760. The lowest BCUT2D eigenvalue weighted by molar-refractivity contribution is -0.0969. The van der Waals surface area contributed by atoms with E-state index in [2.05, 4.69) is 10.1 Å². The van der Waals surface area contributed by atoms with Gasteiger partial charge in [0.1, 0.15) is 5.75 Å². The third-order valence-electron chi connectivity index (χ3n) is 5.29. The predicted octanol–water partition coefficient (Wildman–Crippen LogP) is 4.26. The maximum absolute atomic E-state index is 13.2. The molecule has 0 saturated carbocycles. The van der Waals surface area contributed by atoms with Crippen LogP contribution in [0.2, 0.25) is 0 Å². The van der Waals surface area contributed by atoms with Crippen LogP contribution in [0.3, 0.4) is 0 Å².